The molecule has 0 aliphatic rings. The Morgan fingerprint density at radius 2 is 1.68 bits per heavy atom. The van der Waals surface area contributed by atoms with E-state index in [1.807, 2.05) is 6.07 Å². The fraction of sp³-hybridized carbons (Fsp3) is 0.125. The summed E-state index contributed by atoms with van der Waals surface area (Å²) in [5, 5.41) is 2.06. The first kappa shape index (κ1) is 12.6. The van der Waals surface area contributed by atoms with Gasteiger partial charge in [-0.2, -0.15) is 0 Å². The zero-order valence-electron chi connectivity index (χ0n) is 10.6. The lowest BCUT2D eigenvalue weighted by molar-refractivity contribution is 0.831. The largest absolute Gasteiger partial charge is 0.326 e. The predicted octanol–water partition coefficient (Wildman–Crippen LogP) is 5.06. The van der Waals surface area contributed by atoms with Gasteiger partial charge in [-0.15, -0.1) is 11.8 Å². The van der Waals surface area contributed by atoms with Crippen molar-refractivity contribution in [3.63, 3.8) is 0 Å². The van der Waals surface area contributed by atoms with Gasteiger partial charge in [-0.05, 0) is 17.9 Å². The van der Waals surface area contributed by atoms with Crippen LogP contribution < -0.4 is 0 Å². The van der Waals surface area contributed by atoms with Crippen molar-refractivity contribution in [1.82, 2.24) is 4.57 Å². The maximum atomic E-state index is 6.54. The molecule has 0 spiro atoms. The van der Waals surface area contributed by atoms with E-state index >= 15 is 0 Å². The standard InChI is InChI=1S/C16H14ClNS/c1-19-15-13-9-5-6-10-14(13)18(16(15)17)11-12-7-3-2-4-8-12/h2-10H,11H2,1H3. The number of hydrogen-bond acceptors (Lipinski definition) is 1. The molecule has 0 fully saturated rings. The van der Waals surface area contributed by atoms with Crippen LogP contribution in [0.5, 0.6) is 0 Å². The van der Waals surface area contributed by atoms with E-state index in [1.54, 1.807) is 11.8 Å². The van der Waals surface area contributed by atoms with Crippen molar-refractivity contribution in [2.45, 2.75) is 11.4 Å². The number of para-hydroxylation sites is 1. The van der Waals surface area contributed by atoms with Crippen LogP contribution in [-0.2, 0) is 6.54 Å². The van der Waals surface area contributed by atoms with E-state index in [1.165, 1.54) is 16.5 Å². The molecule has 1 heterocycles. The monoisotopic (exact) mass is 287 g/mol. The molecule has 19 heavy (non-hydrogen) atoms. The Kier molecular flexibility index (Phi) is 3.54. The maximum absolute atomic E-state index is 6.54. The molecule has 2 aromatic carbocycles. The number of rotatable bonds is 3. The van der Waals surface area contributed by atoms with Gasteiger partial charge in [0.05, 0.1) is 10.4 Å². The normalized spacial score (nSPS) is 11.1. The first-order chi connectivity index (χ1) is 9.31. The summed E-state index contributed by atoms with van der Waals surface area (Å²) in [7, 11) is 0. The highest BCUT2D eigenvalue weighted by atomic mass is 35.5. The topological polar surface area (TPSA) is 4.93 Å². The Balaban J connectivity index is 2.15. The second-order valence-corrected chi connectivity index (χ2v) is 5.59. The highest BCUT2D eigenvalue weighted by molar-refractivity contribution is 7.99. The van der Waals surface area contributed by atoms with E-state index in [9.17, 15) is 0 Å². The molecular weight excluding hydrogens is 274 g/mol. The maximum Gasteiger partial charge on any atom is 0.124 e. The van der Waals surface area contributed by atoms with E-state index < -0.39 is 0 Å². The van der Waals surface area contributed by atoms with Crippen LogP contribution in [0.3, 0.4) is 0 Å². The molecule has 0 unspecified atom stereocenters. The number of halogens is 1. The molecule has 0 atom stereocenters. The van der Waals surface area contributed by atoms with Gasteiger partial charge >= 0.3 is 0 Å². The SMILES string of the molecule is CSc1c(Cl)n(Cc2ccccc2)c2ccccc12. The number of aromatic nitrogens is 1. The van der Waals surface area contributed by atoms with Crippen molar-refractivity contribution < 1.29 is 0 Å². The van der Waals surface area contributed by atoms with Gasteiger partial charge in [-0.3, -0.25) is 0 Å². The van der Waals surface area contributed by atoms with Crippen LogP contribution >= 0.6 is 23.4 Å². The van der Waals surface area contributed by atoms with Crippen LogP contribution in [0.1, 0.15) is 5.56 Å². The lowest BCUT2D eigenvalue weighted by atomic mass is 10.2. The smallest absolute Gasteiger partial charge is 0.124 e. The van der Waals surface area contributed by atoms with Crippen molar-refractivity contribution in [1.29, 1.82) is 0 Å². The molecule has 0 bridgehead atoms. The van der Waals surface area contributed by atoms with Gasteiger partial charge in [0, 0.05) is 11.9 Å². The molecule has 3 heteroatoms. The fourth-order valence-corrected chi connectivity index (χ4v) is 3.51. The van der Waals surface area contributed by atoms with Crippen molar-refractivity contribution in [3.05, 3.63) is 65.3 Å². The molecule has 0 N–H and O–H groups in total. The predicted molar refractivity (Wildman–Crippen MR) is 84.3 cm³/mol. The second kappa shape index (κ2) is 5.32. The minimum absolute atomic E-state index is 0.806. The van der Waals surface area contributed by atoms with Gasteiger partial charge in [-0.1, -0.05) is 60.1 Å². The lowest BCUT2D eigenvalue weighted by Crippen LogP contribution is -1.99. The lowest BCUT2D eigenvalue weighted by Gasteiger charge is -2.07. The van der Waals surface area contributed by atoms with Crippen LogP contribution in [0.15, 0.2) is 59.5 Å². The minimum atomic E-state index is 0.806. The van der Waals surface area contributed by atoms with Crippen LogP contribution in [0.2, 0.25) is 5.15 Å². The number of benzene rings is 2. The Labute approximate surface area is 122 Å². The molecule has 0 aliphatic carbocycles. The van der Waals surface area contributed by atoms with Gasteiger partial charge in [0.25, 0.3) is 0 Å². The van der Waals surface area contributed by atoms with Crippen LogP contribution in [0.25, 0.3) is 10.9 Å². The third kappa shape index (κ3) is 2.26. The van der Waals surface area contributed by atoms with Gasteiger partial charge in [0.15, 0.2) is 0 Å². The molecule has 0 radical (unpaired) electrons. The molecule has 1 aromatic heterocycles. The summed E-state index contributed by atoms with van der Waals surface area (Å²) < 4.78 is 2.18. The number of thioether (sulfide) groups is 1. The third-order valence-corrected chi connectivity index (χ3v) is 4.58. The Bertz CT molecular complexity index is 703. The summed E-state index contributed by atoms with van der Waals surface area (Å²) in [5.74, 6) is 0. The highest BCUT2D eigenvalue weighted by Crippen LogP contribution is 2.36. The van der Waals surface area contributed by atoms with E-state index in [0.717, 1.165) is 16.6 Å². The van der Waals surface area contributed by atoms with Crippen molar-refractivity contribution in [2.24, 2.45) is 0 Å². The van der Waals surface area contributed by atoms with Crippen molar-refractivity contribution in [3.8, 4) is 0 Å². The molecule has 96 valence electrons. The molecule has 3 aromatic rings. The molecule has 0 saturated heterocycles. The van der Waals surface area contributed by atoms with E-state index in [-0.39, 0.29) is 0 Å². The van der Waals surface area contributed by atoms with Crippen LogP contribution in [-0.4, -0.2) is 10.8 Å². The minimum Gasteiger partial charge on any atom is -0.326 e. The summed E-state index contributed by atoms with van der Waals surface area (Å²) in [6, 6.07) is 18.8. The average molecular weight is 288 g/mol. The molecule has 0 aliphatic heterocycles. The van der Waals surface area contributed by atoms with Gasteiger partial charge < -0.3 is 4.57 Å². The molecule has 3 rings (SSSR count). The highest BCUT2D eigenvalue weighted by Gasteiger charge is 2.14. The summed E-state index contributed by atoms with van der Waals surface area (Å²) in [4.78, 5) is 1.16. The zero-order valence-corrected chi connectivity index (χ0v) is 12.2. The Morgan fingerprint density at radius 3 is 2.42 bits per heavy atom. The van der Waals surface area contributed by atoms with Gasteiger partial charge in [0.2, 0.25) is 0 Å². The Hall–Kier alpha value is -1.38. The zero-order chi connectivity index (χ0) is 13.2. The van der Waals surface area contributed by atoms with Crippen molar-refractivity contribution >= 4 is 34.3 Å². The first-order valence-electron chi connectivity index (χ1n) is 6.16. The molecule has 1 nitrogen and oxygen atoms in total. The molecule has 0 amide bonds. The summed E-state index contributed by atoms with van der Waals surface area (Å²) in [5.41, 5.74) is 2.46. The summed E-state index contributed by atoms with van der Waals surface area (Å²) in [6.07, 6.45) is 2.07. The molecular formula is C16H14ClNS. The Morgan fingerprint density at radius 1 is 1.00 bits per heavy atom. The van der Waals surface area contributed by atoms with E-state index in [2.05, 4.69) is 59.4 Å². The average Bonchev–Trinajstić information content (AvgIpc) is 2.73. The third-order valence-electron chi connectivity index (χ3n) is 3.25. The molecule has 0 saturated carbocycles. The van der Waals surface area contributed by atoms with Crippen molar-refractivity contribution in [2.75, 3.05) is 6.26 Å². The van der Waals surface area contributed by atoms with E-state index in [4.69, 9.17) is 11.6 Å². The number of hydrogen-bond donors (Lipinski definition) is 0. The number of nitrogens with zero attached hydrogens (tertiary/aromatic N) is 1. The van der Waals surface area contributed by atoms with Gasteiger partial charge in [0.1, 0.15) is 5.15 Å². The first-order valence-corrected chi connectivity index (χ1v) is 7.76. The second-order valence-electron chi connectivity index (χ2n) is 4.41. The van der Waals surface area contributed by atoms with Gasteiger partial charge in [-0.25, -0.2) is 0 Å². The van der Waals surface area contributed by atoms with Crippen LogP contribution in [0.4, 0.5) is 0 Å². The number of fused-ring (bicyclic) bond motifs is 1. The van der Waals surface area contributed by atoms with E-state index in [0.29, 0.717) is 0 Å². The van der Waals surface area contributed by atoms with Crippen LogP contribution in [0, 0.1) is 0 Å². The fourth-order valence-electron chi connectivity index (χ4n) is 2.36. The summed E-state index contributed by atoms with van der Waals surface area (Å²) in [6.45, 7) is 0.806. The quantitative estimate of drug-likeness (QED) is 0.609. The summed E-state index contributed by atoms with van der Waals surface area (Å²) >= 11 is 8.25.